The monoisotopic (exact) mass is 351 g/mol. The third-order valence-electron chi connectivity index (χ3n) is 5.02. The van der Waals surface area contributed by atoms with Crippen LogP contribution in [0.1, 0.15) is 16.8 Å². The first kappa shape index (κ1) is 17.6. The van der Waals surface area contributed by atoms with Crippen molar-refractivity contribution in [2.24, 2.45) is 5.73 Å². The van der Waals surface area contributed by atoms with Crippen LogP contribution < -0.4 is 10.5 Å². The lowest BCUT2D eigenvalue weighted by molar-refractivity contribution is -0.131. The normalized spacial score (nSPS) is 24.3. The number of amides is 2. The molecule has 136 valence electrons. The van der Waals surface area contributed by atoms with Crippen LogP contribution in [-0.2, 0) is 9.53 Å². The van der Waals surface area contributed by atoms with Gasteiger partial charge in [-0.2, -0.15) is 0 Å². The molecule has 0 radical (unpaired) electrons. The van der Waals surface area contributed by atoms with Crippen LogP contribution in [0.15, 0.2) is 18.2 Å². The molecule has 2 heterocycles. The van der Waals surface area contributed by atoms with Crippen molar-refractivity contribution >= 4 is 11.8 Å². The van der Waals surface area contributed by atoms with Crippen LogP contribution in [0.25, 0.3) is 0 Å². The van der Waals surface area contributed by atoms with Crippen molar-refractivity contribution in [3.63, 3.8) is 0 Å². The van der Waals surface area contributed by atoms with Crippen molar-refractivity contribution in [1.82, 2.24) is 9.80 Å². The largest absolute Gasteiger partial charge is 0.496 e. The number of primary amides is 1. The van der Waals surface area contributed by atoms with Gasteiger partial charge in [-0.15, -0.1) is 0 Å². The number of ether oxygens (including phenoxy) is 2. The molecule has 2 aliphatic heterocycles. The van der Waals surface area contributed by atoms with Crippen molar-refractivity contribution in [3.05, 3.63) is 29.6 Å². The molecule has 0 aliphatic carbocycles. The molecule has 1 unspecified atom stereocenters. The molecule has 1 atom stereocenters. The summed E-state index contributed by atoms with van der Waals surface area (Å²) in [6.45, 7) is 2.66. The summed E-state index contributed by atoms with van der Waals surface area (Å²) in [5, 5.41) is 0. The molecule has 0 spiro atoms. The van der Waals surface area contributed by atoms with E-state index in [1.807, 2.05) is 4.90 Å². The Bertz CT molecular complexity index is 668. The average Bonchev–Trinajstić information content (AvgIpc) is 3.12. The Kier molecular flexibility index (Phi) is 4.91. The number of rotatable bonds is 4. The predicted octanol–water partition coefficient (Wildman–Crippen LogP) is 0.237. The number of carbonyl (C=O) groups is 2. The number of methoxy groups -OCH3 is 1. The molecule has 2 saturated heterocycles. The maximum Gasteiger partial charge on any atom is 0.257 e. The van der Waals surface area contributed by atoms with Crippen molar-refractivity contribution in [2.45, 2.75) is 12.0 Å². The molecule has 2 aliphatic rings. The van der Waals surface area contributed by atoms with E-state index in [1.165, 1.54) is 25.3 Å². The second-order valence-electron chi connectivity index (χ2n) is 6.32. The number of carbonyl (C=O) groups excluding carboxylic acids is 2. The quantitative estimate of drug-likeness (QED) is 0.840. The van der Waals surface area contributed by atoms with E-state index in [0.717, 1.165) is 0 Å². The number of hydrogen-bond acceptors (Lipinski definition) is 5. The van der Waals surface area contributed by atoms with Gasteiger partial charge >= 0.3 is 0 Å². The van der Waals surface area contributed by atoms with E-state index in [2.05, 4.69) is 0 Å². The molecule has 3 rings (SSSR count). The predicted molar refractivity (Wildman–Crippen MR) is 87.8 cm³/mol. The molecule has 0 saturated carbocycles. The minimum atomic E-state index is -0.786. The second-order valence-corrected chi connectivity index (χ2v) is 6.32. The van der Waals surface area contributed by atoms with Crippen LogP contribution in [0, 0.1) is 5.82 Å². The average molecular weight is 351 g/mol. The molecule has 25 heavy (non-hydrogen) atoms. The van der Waals surface area contributed by atoms with Crippen molar-refractivity contribution in [3.8, 4) is 5.75 Å². The Hall–Kier alpha value is -2.19. The van der Waals surface area contributed by atoms with Gasteiger partial charge in [-0.1, -0.05) is 0 Å². The Balaban J connectivity index is 1.71. The lowest BCUT2D eigenvalue weighted by Gasteiger charge is -2.43. The van der Waals surface area contributed by atoms with Crippen LogP contribution in [0.2, 0.25) is 0 Å². The van der Waals surface area contributed by atoms with Crippen LogP contribution in [0.3, 0.4) is 0 Å². The molecular weight excluding hydrogens is 329 g/mol. The zero-order chi connectivity index (χ0) is 18.0. The molecule has 2 amide bonds. The molecule has 1 aromatic rings. The SMILES string of the molecule is COc1ccc(F)cc1C(=O)N1CCN(C2(C(N)=O)CCOC2)CC1. The molecule has 0 bridgehead atoms. The minimum Gasteiger partial charge on any atom is -0.496 e. The van der Waals surface area contributed by atoms with Crippen molar-refractivity contribution in [1.29, 1.82) is 0 Å². The number of nitrogens with zero attached hydrogens (tertiary/aromatic N) is 2. The summed E-state index contributed by atoms with van der Waals surface area (Å²) in [6, 6.07) is 3.88. The van der Waals surface area contributed by atoms with E-state index in [9.17, 15) is 14.0 Å². The number of piperazine rings is 1. The zero-order valence-corrected chi connectivity index (χ0v) is 14.2. The van der Waals surface area contributed by atoms with Gasteiger partial charge in [0, 0.05) is 39.2 Å². The molecule has 7 nitrogen and oxygen atoms in total. The highest BCUT2D eigenvalue weighted by molar-refractivity contribution is 5.97. The van der Waals surface area contributed by atoms with Gasteiger partial charge in [0.15, 0.2) is 0 Å². The third-order valence-corrected chi connectivity index (χ3v) is 5.02. The molecule has 0 aromatic heterocycles. The fraction of sp³-hybridized carbons (Fsp3) is 0.529. The molecular formula is C17H22FN3O4. The summed E-state index contributed by atoms with van der Waals surface area (Å²) in [4.78, 5) is 28.3. The Labute approximate surface area is 145 Å². The summed E-state index contributed by atoms with van der Waals surface area (Å²) in [7, 11) is 1.44. The summed E-state index contributed by atoms with van der Waals surface area (Å²) >= 11 is 0. The summed E-state index contributed by atoms with van der Waals surface area (Å²) in [5.74, 6) is -0.825. The molecule has 2 fully saturated rings. The van der Waals surface area contributed by atoms with E-state index >= 15 is 0 Å². The van der Waals surface area contributed by atoms with Crippen LogP contribution in [0.4, 0.5) is 4.39 Å². The fourth-order valence-corrected chi connectivity index (χ4v) is 3.51. The second kappa shape index (κ2) is 6.97. The lowest BCUT2D eigenvalue weighted by Crippen LogP contribution is -2.63. The van der Waals surface area contributed by atoms with E-state index in [4.69, 9.17) is 15.2 Å². The van der Waals surface area contributed by atoms with E-state index in [1.54, 1.807) is 4.90 Å². The lowest BCUT2D eigenvalue weighted by atomic mass is 9.94. The first-order valence-corrected chi connectivity index (χ1v) is 8.23. The highest BCUT2D eigenvalue weighted by Gasteiger charge is 2.47. The summed E-state index contributed by atoms with van der Waals surface area (Å²) in [6.07, 6.45) is 0.563. The summed E-state index contributed by atoms with van der Waals surface area (Å²) in [5.41, 5.74) is 5.02. The number of benzene rings is 1. The first-order chi connectivity index (χ1) is 12.0. The van der Waals surface area contributed by atoms with Crippen molar-refractivity contribution < 1.29 is 23.5 Å². The Morgan fingerprint density at radius 3 is 2.56 bits per heavy atom. The highest BCUT2D eigenvalue weighted by atomic mass is 19.1. The maximum absolute atomic E-state index is 13.5. The van der Waals surface area contributed by atoms with Gasteiger partial charge in [0.25, 0.3) is 5.91 Å². The van der Waals surface area contributed by atoms with Gasteiger partial charge in [-0.25, -0.2) is 4.39 Å². The van der Waals surface area contributed by atoms with Gasteiger partial charge in [0.1, 0.15) is 17.1 Å². The number of nitrogens with two attached hydrogens (primary N) is 1. The van der Waals surface area contributed by atoms with Gasteiger partial charge in [0.2, 0.25) is 5.91 Å². The van der Waals surface area contributed by atoms with Gasteiger partial charge < -0.3 is 20.1 Å². The standard InChI is InChI=1S/C17H22FN3O4/c1-24-14-3-2-12(18)10-13(14)15(22)20-5-7-21(8-6-20)17(16(19)23)4-9-25-11-17/h2-3,10H,4-9,11H2,1H3,(H2,19,23). The third kappa shape index (κ3) is 3.19. The van der Waals surface area contributed by atoms with Crippen LogP contribution in [0.5, 0.6) is 5.75 Å². The maximum atomic E-state index is 13.5. The number of hydrogen-bond donors (Lipinski definition) is 1. The van der Waals surface area contributed by atoms with E-state index < -0.39 is 17.3 Å². The minimum absolute atomic E-state index is 0.199. The zero-order valence-electron chi connectivity index (χ0n) is 14.2. The van der Waals surface area contributed by atoms with Crippen LogP contribution >= 0.6 is 0 Å². The molecule has 1 aromatic carbocycles. The number of halogens is 1. The molecule has 8 heteroatoms. The smallest absolute Gasteiger partial charge is 0.257 e. The van der Waals surface area contributed by atoms with Crippen molar-refractivity contribution in [2.75, 3.05) is 46.5 Å². The first-order valence-electron chi connectivity index (χ1n) is 8.23. The van der Waals surface area contributed by atoms with Gasteiger partial charge in [-0.05, 0) is 18.2 Å². The van der Waals surface area contributed by atoms with E-state index in [0.29, 0.717) is 45.0 Å². The van der Waals surface area contributed by atoms with Gasteiger partial charge in [0.05, 0.1) is 19.3 Å². The van der Waals surface area contributed by atoms with Crippen LogP contribution in [-0.4, -0.2) is 73.7 Å². The summed E-state index contributed by atoms with van der Waals surface area (Å²) < 4.78 is 24.1. The highest BCUT2D eigenvalue weighted by Crippen LogP contribution is 2.28. The topological polar surface area (TPSA) is 85.1 Å². The van der Waals surface area contributed by atoms with Gasteiger partial charge in [-0.3, -0.25) is 14.5 Å². The fourth-order valence-electron chi connectivity index (χ4n) is 3.51. The van der Waals surface area contributed by atoms with E-state index in [-0.39, 0.29) is 18.1 Å². The Morgan fingerprint density at radius 2 is 2.00 bits per heavy atom. The Morgan fingerprint density at radius 1 is 1.28 bits per heavy atom. The molecule has 2 N–H and O–H groups in total.